The van der Waals surface area contributed by atoms with Crippen LogP contribution >= 0.6 is 0 Å². The zero-order chi connectivity index (χ0) is 21.6. The molecule has 0 atom stereocenters. The van der Waals surface area contributed by atoms with E-state index in [0.29, 0.717) is 35.7 Å². The van der Waals surface area contributed by atoms with E-state index in [1.807, 2.05) is 0 Å². The molecule has 0 fully saturated rings. The largest absolute Gasteiger partial charge is 0.462 e. The lowest BCUT2D eigenvalue weighted by atomic mass is 10.1. The first-order valence-electron chi connectivity index (χ1n) is 10.6. The molecule has 2 rings (SSSR count). The first-order chi connectivity index (χ1) is 14.6. The highest BCUT2D eigenvalue weighted by atomic mass is 16.5. The van der Waals surface area contributed by atoms with E-state index in [2.05, 4.69) is 0 Å². The van der Waals surface area contributed by atoms with Crippen LogP contribution in [0.3, 0.4) is 0 Å². The first kappa shape index (κ1) is 23.3. The fourth-order valence-electron chi connectivity index (χ4n) is 3.12. The van der Waals surface area contributed by atoms with Gasteiger partial charge in [-0.25, -0.2) is 9.59 Å². The summed E-state index contributed by atoms with van der Waals surface area (Å²) in [5, 5.41) is 0. The monoisotopic (exact) mass is 412 g/mol. The lowest BCUT2D eigenvalue weighted by Crippen LogP contribution is -2.09. The second-order valence-corrected chi connectivity index (χ2v) is 7.27. The van der Waals surface area contributed by atoms with Crippen molar-refractivity contribution in [1.29, 1.82) is 0 Å². The van der Waals surface area contributed by atoms with Gasteiger partial charge in [-0.2, -0.15) is 0 Å². The van der Waals surface area contributed by atoms with Gasteiger partial charge in [-0.1, -0.05) is 62.8 Å². The van der Waals surface area contributed by atoms with Gasteiger partial charge in [-0.05, 0) is 37.1 Å². The zero-order valence-electron chi connectivity index (χ0n) is 17.5. The summed E-state index contributed by atoms with van der Waals surface area (Å²) in [6.45, 7) is 0.842. The van der Waals surface area contributed by atoms with Crippen LogP contribution in [0, 0.1) is 0 Å². The molecule has 0 amide bonds. The molecule has 162 valence electrons. The second kappa shape index (κ2) is 13.2. The Morgan fingerprint density at radius 2 is 0.900 bits per heavy atom. The van der Waals surface area contributed by atoms with E-state index in [-0.39, 0.29) is 11.9 Å². The van der Waals surface area contributed by atoms with Gasteiger partial charge in [0.15, 0.2) is 0 Å². The van der Waals surface area contributed by atoms with Crippen LogP contribution in [0.5, 0.6) is 0 Å². The Balaban J connectivity index is 1.41. The number of rotatable bonds is 13. The minimum atomic E-state index is -0.358. The molecular weight excluding hydrogens is 380 g/mol. The van der Waals surface area contributed by atoms with E-state index in [0.717, 1.165) is 51.4 Å². The van der Waals surface area contributed by atoms with Crippen molar-refractivity contribution in [3.63, 3.8) is 0 Å². The number of unbranched alkanes of at least 4 members (excludes halogenated alkanes) is 7. The summed E-state index contributed by atoms with van der Waals surface area (Å²) in [7, 11) is 0. The third-order valence-corrected chi connectivity index (χ3v) is 4.87. The molecule has 2 aromatic rings. The summed E-state index contributed by atoms with van der Waals surface area (Å²) >= 11 is 0. The Kier molecular flexibility index (Phi) is 10.3. The third kappa shape index (κ3) is 8.15. The third-order valence-electron chi connectivity index (χ3n) is 4.87. The highest BCUT2D eigenvalue weighted by Gasteiger charge is 2.10. The summed E-state index contributed by atoms with van der Waals surface area (Å²) in [5.74, 6) is -0.715. The topological polar surface area (TPSA) is 105 Å². The number of carbonyl (C=O) groups is 2. The van der Waals surface area contributed by atoms with Gasteiger partial charge in [0.05, 0.1) is 24.3 Å². The molecule has 0 aliphatic heterocycles. The van der Waals surface area contributed by atoms with Crippen LogP contribution in [0.4, 0.5) is 11.4 Å². The number of hydrogen-bond donors (Lipinski definition) is 2. The van der Waals surface area contributed by atoms with Crippen molar-refractivity contribution in [1.82, 2.24) is 0 Å². The van der Waals surface area contributed by atoms with Gasteiger partial charge in [0.25, 0.3) is 0 Å². The van der Waals surface area contributed by atoms with Crippen LogP contribution in [0.25, 0.3) is 0 Å². The summed E-state index contributed by atoms with van der Waals surface area (Å²) in [6.07, 6.45) is 8.33. The summed E-state index contributed by atoms with van der Waals surface area (Å²) in [6, 6.07) is 13.9. The summed E-state index contributed by atoms with van der Waals surface area (Å²) < 4.78 is 10.5. The maximum atomic E-state index is 11.9. The fraction of sp³-hybridized carbons (Fsp3) is 0.417. The maximum Gasteiger partial charge on any atom is 0.340 e. The number of anilines is 2. The number of nitrogens with two attached hydrogens (primary N) is 2. The SMILES string of the molecule is Nc1ccccc1C(=O)OCCCCCCCCCCOC(=O)c1ccccc1N. The lowest BCUT2D eigenvalue weighted by Gasteiger charge is -2.07. The van der Waals surface area contributed by atoms with Gasteiger partial charge in [-0.15, -0.1) is 0 Å². The van der Waals surface area contributed by atoms with Crippen LogP contribution in [0.15, 0.2) is 48.5 Å². The summed E-state index contributed by atoms with van der Waals surface area (Å²) in [5.41, 5.74) is 13.3. The minimum Gasteiger partial charge on any atom is -0.462 e. The summed E-state index contributed by atoms with van der Waals surface area (Å²) in [4.78, 5) is 23.9. The number of para-hydroxylation sites is 2. The van der Waals surface area contributed by atoms with Crippen molar-refractivity contribution in [3.05, 3.63) is 59.7 Å². The molecule has 0 spiro atoms. The average molecular weight is 413 g/mol. The molecule has 2 aromatic carbocycles. The molecule has 0 saturated carbocycles. The fourth-order valence-corrected chi connectivity index (χ4v) is 3.12. The predicted octanol–water partition coefficient (Wildman–Crippen LogP) is 4.99. The van der Waals surface area contributed by atoms with Crippen LogP contribution in [-0.2, 0) is 9.47 Å². The molecule has 6 nitrogen and oxygen atoms in total. The van der Waals surface area contributed by atoms with E-state index in [1.54, 1.807) is 48.5 Å². The van der Waals surface area contributed by atoms with E-state index in [1.165, 1.54) is 0 Å². The number of ether oxygens (including phenoxy) is 2. The predicted molar refractivity (Wildman–Crippen MR) is 119 cm³/mol. The molecule has 0 aliphatic carbocycles. The number of hydrogen-bond acceptors (Lipinski definition) is 6. The molecular formula is C24H32N2O4. The van der Waals surface area contributed by atoms with Crippen molar-refractivity contribution in [2.24, 2.45) is 0 Å². The van der Waals surface area contributed by atoms with E-state index in [4.69, 9.17) is 20.9 Å². The molecule has 0 saturated heterocycles. The van der Waals surface area contributed by atoms with Crippen LogP contribution in [-0.4, -0.2) is 25.2 Å². The number of carbonyl (C=O) groups excluding carboxylic acids is 2. The van der Waals surface area contributed by atoms with Gasteiger partial charge in [0.2, 0.25) is 0 Å². The molecule has 6 heteroatoms. The van der Waals surface area contributed by atoms with Crippen LogP contribution < -0.4 is 11.5 Å². The smallest absolute Gasteiger partial charge is 0.340 e. The molecule has 0 unspecified atom stereocenters. The van der Waals surface area contributed by atoms with E-state index in [9.17, 15) is 9.59 Å². The molecule has 4 N–H and O–H groups in total. The van der Waals surface area contributed by atoms with Crippen LogP contribution in [0.2, 0.25) is 0 Å². The van der Waals surface area contributed by atoms with Gasteiger partial charge < -0.3 is 20.9 Å². The van der Waals surface area contributed by atoms with Gasteiger partial charge in [0, 0.05) is 11.4 Å². The van der Waals surface area contributed by atoms with Gasteiger partial charge in [-0.3, -0.25) is 0 Å². The Morgan fingerprint density at radius 1 is 0.567 bits per heavy atom. The quantitative estimate of drug-likeness (QED) is 0.273. The second-order valence-electron chi connectivity index (χ2n) is 7.27. The lowest BCUT2D eigenvalue weighted by molar-refractivity contribution is 0.0488. The van der Waals surface area contributed by atoms with Crippen molar-refractivity contribution in [2.75, 3.05) is 24.7 Å². The van der Waals surface area contributed by atoms with E-state index < -0.39 is 0 Å². The average Bonchev–Trinajstić information content (AvgIpc) is 2.74. The Morgan fingerprint density at radius 3 is 1.27 bits per heavy atom. The first-order valence-corrected chi connectivity index (χ1v) is 10.6. The molecule has 0 heterocycles. The van der Waals surface area contributed by atoms with Crippen molar-refractivity contribution < 1.29 is 19.1 Å². The van der Waals surface area contributed by atoms with Gasteiger partial charge >= 0.3 is 11.9 Å². The van der Waals surface area contributed by atoms with Crippen molar-refractivity contribution in [3.8, 4) is 0 Å². The highest BCUT2D eigenvalue weighted by Crippen LogP contribution is 2.14. The number of nitrogen functional groups attached to an aromatic ring is 2. The van der Waals surface area contributed by atoms with E-state index >= 15 is 0 Å². The molecule has 30 heavy (non-hydrogen) atoms. The standard InChI is InChI=1S/C24H32N2O4/c25-21-15-9-7-13-19(21)23(27)29-17-11-5-3-1-2-4-6-12-18-30-24(28)20-14-8-10-16-22(20)26/h7-10,13-16H,1-6,11-12,17-18,25-26H2. The Bertz CT molecular complexity index is 740. The van der Waals surface area contributed by atoms with Crippen LogP contribution in [0.1, 0.15) is 72.1 Å². The van der Waals surface area contributed by atoms with Gasteiger partial charge in [0.1, 0.15) is 0 Å². The van der Waals surface area contributed by atoms with Crippen molar-refractivity contribution in [2.45, 2.75) is 51.4 Å². The molecule has 0 aliphatic rings. The highest BCUT2D eigenvalue weighted by molar-refractivity contribution is 5.95. The number of benzene rings is 2. The van der Waals surface area contributed by atoms with Crippen molar-refractivity contribution >= 4 is 23.3 Å². The molecule has 0 radical (unpaired) electrons. The molecule has 0 bridgehead atoms. The minimum absolute atomic E-state index is 0.358. The Labute approximate surface area is 178 Å². The Hall–Kier alpha value is -3.02. The maximum absolute atomic E-state index is 11.9. The normalized spacial score (nSPS) is 10.5. The zero-order valence-corrected chi connectivity index (χ0v) is 17.5. The molecule has 0 aromatic heterocycles. The number of esters is 2.